The Morgan fingerprint density at radius 2 is 1.70 bits per heavy atom. The van der Waals surface area contributed by atoms with Crippen molar-refractivity contribution in [1.82, 2.24) is 4.13 Å². The molecule has 0 heterocycles. The number of carbonyl (C=O) groups is 1. The van der Waals surface area contributed by atoms with Gasteiger partial charge in [0, 0.05) is 0 Å². The van der Waals surface area contributed by atoms with E-state index in [2.05, 4.69) is 4.74 Å². The van der Waals surface area contributed by atoms with Crippen molar-refractivity contribution >= 4 is 26.0 Å². The smallest absolute Gasteiger partial charge is 0.465 e. The molecule has 0 aliphatic heterocycles. The van der Waals surface area contributed by atoms with Crippen molar-refractivity contribution in [2.24, 2.45) is 5.92 Å². The summed E-state index contributed by atoms with van der Waals surface area (Å²) in [4.78, 5) is 11.0. The van der Waals surface area contributed by atoms with E-state index in [0.717, 1.165) is 0 Å². The van der Waals surface area contributed by atoms with Crippen molar-refractivity contribution in [3.63, 3.8) is 0 Å². The minimum absolute atomic E-state index is 0.332. The second-order valence-electron chi connectivity index (χ2n) is 4.03. The van der Waals surface area contributed by atoms with E-state index in [1.54, 1.807) is 0 Å². The molecular formula is C8H14F3NO6S2. The number of hydrogen-bond donors (Lipinski definition) is 1. The van der Waals surface area contributed by atoms with E-state index in [9.17, 15) is 34.8 Å². The van der Waals surface area contributed by atoms with Crippen LogP contribution < -0.4 is 4.13 Å². The highest BCUT2D eigenvalue weighted by Gasteiger charge is 2.48. The van der Waals surface area contributed by atoms with Crippen LogP contribution in [0.2, 0.25) is 0 Å². The van der Waals surface area contributed by atoms with Crippen LogP contribution in [0.5, 0.6) is 0 Å². The fourth-order valence-electron chi connectivity index (χ4n) is 0.844. The summed E-state index contributed by atoms with van der Waals surface area (Å²) in [5.74, 6) is -1.96. The fraction of sp³-hybridized carbons (Fsp3) is 0.875. The van der Waals surface area contributed by atoms with Gasteiger partial charge in [-0.1, -0.05) is 13.8 Å². The van der Waals surface area contributed by atoms with Gasteiger partial charge in [0.25, 0.3) is 0 Å². The summed E-state index contributed by atoms with van der Waals surface area (Å²) < 4.78 is 84.5. The first kappa shape index (κ1) is 19.1. The number of halogens is 3. The van der Waals surface area contributed by atoms with Crippen LogP contribution in [0.3, 0.4) is 0 Å². The van der Waals surface area contributed by atoms with Crippen LogP contribution in [-0.4, -0.2) is 40.7 Å². The molecule has 0 unspecified atom stereocenters. The van der Waals surface area contributed by atoms with Crippen molar-refractivity contribution < 1.29 is 39.5 Å². The maximum Gasteiger partial charge on any atom is 0.512 e. The van der Waals surface area contributed by atoms with E-state index >= 15 is 0 Å². The van der Waals surface area contributed by atoms with Gasteiger partial charge < -0.3 is 4.74 Å². The van der Waals surface area contributed by atoms with Crippen LogP contribution in [0.4, 0.5) is 13.2 Å². The molecular weight excluding hydrogens is 327 g/mol. The molecule has 0 aliphatic rings. The van der Waals surface area contributed by atoms with Crippen LogP contribution in [0.25, 0.3) is 0 Å². The Morgan fingerprint density at radius 1 is 1.20 bits per heavy atom. The van der Waals surface area contributed by atoms with Crippen LogP contribution >= 0.6 is 0 Å². The normalized spacial score (nSPS) is 13.5. The summed E-state index contributed by atoms with van der Waals surface area (Å²) >= 11 is 0. The molecule has 0 bridgehead atoms. The largest absolute Gasteiger partial charge is 0.512 e. The number of rotatable bonds is 7. The molecule has 0 spiro atoms. The Morgan fingerprint density at radius 3 is 2.10 bits per heavy atom. The summed E-state index contributed by atoms with van der Waals surface area (Å²) in [6.45, 7) is 2.73. The van der Waals surface area contributed by atoms with E-state index in [1.165, 1.54) is 13.8 Å². The van der Waals surface area contributed by atoms with Gasteiger partial charge in [-0.25, -0.2) is 16.8 Å². The Kier molecular flexibility index (Phi) is 6.42. The molecule has 0 rings (SSSR count). The van der Waals surface area contributed by atoms with E-state index in [0.29, 0.717) is 4.13 Å². The maximum absolute atomic E-state index is 12.0. The third-order valence-electron chi connectivity index (χ3n) is 1.81. The molecule has 0 saturated heterocycles. The molecule has 12 heteroatoms. The monoisotopic (exact) mass is 341 g/mol. The lowest BCUT2D eigenvalue weighted by Crippen LogP contribution is -2.41. The molecule has 0 aromatic carbocycles. The van der Waals surface area contributed by atoms with Gasteiger partial charge in [-0.2, -0.15) is 13.2 Å². The Hall–Kier alpha value is -0.880. The molecule has 0 radical (unpaired) electrons. The number of hydrogen-bond acceptors (Lipinski definition) is 6. The summed E-state index contributed by atoms with van der Waals surface area (Å²) in [5.41, 5.74) is -5.72. The average molecular weight is 341 g/mol. The third kappa shape index (κ3) is 6.52. The molecule has 20 heavy (non-hydrogen) atoms. The lowest BCUT2D eigenvalue weighted by Gasteiger charge is -2.10. The molecule has 0 amide bonds. The van der Waals surface area contributed by atoms with Crippen molar-refractivity contribution in [2.45, 2.75) is 25.8 Å². The molecule has 0 aromatic rings. The molecule has 0 fully saturated rings. The molecule has 0 saturated carbocycles. The molecule has 0 aromatic heterocycles. The zero-order chi connectivity index (χ0) is 16.2. The van der Waals surface area contributed by atoms with Gasteiger partial charge >= 0.3 is 21.5 Å². The Bertz CT molecular complexity index is 537. The number of esters is 1. The number of alkyl halides is 3. The number of nitrogens with one attached hydrogen (secondary N) is 1. The van der Waals surface area contributed by atoms with Gasteiger partial charge in [0.2, 0.25) is 10.0 Å². The van der Waals surface area contributed by atoms with Crippen LogP contribution in [0, 0.1) is 5.92 Å². The first-order valence-electron chi connectivity index (χ1n) is 5.27. The predicted molar refractivity (Wildman–Crippen MR) is 62.3 cm³/mol. The minimum Gasteiger partial charge on any atom is -0.465 e. The summed E-state index contributed by atoms with van der Waals surface area (Å²) in [6.07, 6.45) is -0.332. The quantitative estimate of drug-likeness (QED) is 0.529. The SMILES string of the molecule is CC(C)C(=O)OCCCS(=O)(=O)NS(=O)(=O)C(F)(F)F. The van der Waals surface area contributed by atoms with Gasteiger partial charge in [0.1, 0.15) is 0 Å². The number of carbonyl (C=O) groups excluding carboxylic acids is 1. The van der Waals surface area contributed by atoms with Crippen molar-refractivity contribution in [1.29, 1.82) is 0 Å². The van der Waals surface area contributed by atoms with Gasteiger partial charge in [0.15, 0.2) is 0 Å². The highest BCUT2D eigenvalue weighted by molar-refractivity contribution is 8.05. The van der Waals surface area contributed by atoms with E-state index in [1.807, 2.05) is 0 Å². The van der Waals surface area contributed by atoms with Gasteiger partial charge in [0.05, 0.1) is 18.3 Å². The van der Waals surface area contributed by atoms with E-state index in [4.69, 9.17) is 0 Å². The minimum atomic E-state index is -5.97. The zero-order valence-electron chi connectivity index (χ0n) is 10.6. The van der Waals surface area contributed by atoms with Crippen molar-refractivity contribution in [3.8, 4) is 0 Å². The lowest BCUT2D eigenvalue weighted by molar-refractivity contribution is -0.147. The fourth-order valence-corrected chi connectivity index (χ4v) is 3.39. The van der Waals surface area contributed by atoms with Crippen LogP contribution in [-0.2, 0) is 29.6 Å². The summed E-state index contributed by atoms with van der Waals surface area (Å²) in [5, 5.41) is 0. The maximum atomic E-state index is 12.0. The van der Waals surface area contributed by atoms with Gasteiger partial charge in [-0.3, -0.25) is 4.79 Å². The molecule has 0 atom stereocenters. The highest BCUT2D eigenvalue weighted by atomic mass is 32.3. The average Bonchev–Trinajstić information content (AvgIpc) is 2.20. The van der Waals surface area contributed by atoms with Gasteiger partial charge in [-0.15, -0.1) is 4.13 Å². The van der Waals surface area contributed by atoms with Crippen molar-refractivity contribution in [2.75, 3.05) is 12.4 Å². The van der Waals surface area contributed by atoms with Crippen LogP contribution in [0.1, 0.15) is 20.3 Å². The number of sulfonamides is 2. The number of ether oxygens (including phenoxy) is 1. The first-order chi connectivity index (χ1) is 8.78. The van der Waals surface area contributed by atoms with Gasteiger partial charge in [-0.05, 0) is 6.42 Å². The molecule has 0 aliphatic carbocycles. The van der Waals surface area contributed by atoms with E-state index < -0.39 is 43.2 Å². The van der Waals surface area contributed by atoms with E-state index in [-0.39, 0.29) is 13.0 Å². The zero-order valence-corrected chi connectivity index (χ0v) is 12.2. The third-order valence-corrected chi connectivity index (χ3v) is 5.14. The lowest BCUT2D eigenvalue weighted by atomic mass is 10.2. The topological polar surface area (TPSA) is 107 Å². The summed E-state index contributed by atoms with van der Waals surface area (Å²) in [7, 11) is -10.7. The summed E-state index contributed by atoms with van der Waals surface area (Å²) in [6, 6.07) is 0. The predicted octanol–water partition coefficient (Wildman–Crippen LogP) is 0.345. The standard InChI is InChI=1S/C8H14F3NO6S2/c1-6(2)7(13)18-4-3-5-19(14,15)12-20(16,17)8(9,10)11/h6,12H,3-5H2,1-2H3. The molecule has 7 nitrogen and oxygen atoms in total. The second kappa shape index (κ2) is 6.72. The molecule has 1 N–H and O–H groups in total. The first-order valence-corrected chi connectivity index (χ1v) is 8.41. The Balaban J connectivity index is 4.40. The van der Waals surface area contributed by atoms with Crippen molar-refractivity contribution in [3.05, 3.63) is 0 Å². The van der Waals surface area contributed by atoms with Crippen LogP contribution in [0.15, 0.2) is 0 Å². The highest BCUT2D eigenvalue weighted by Crippen LogP contribution is 2.22. The molecule has 120 valence electrons. The second-order valence-corrected chi connectivity index (χ2v) is 7.80. The Labute approximate surface area is 114 Å².